The third-order valence-corrected chi connectivity index (χ3v) is 4.05. The van der Waals surface area contributed by atoms with Gasteiger partial charge in [-0.05, 0) is 47.5 Å². The highest BCUT2D eigenvalue weighted by Gasteiger charge is 2.12. The number of esters is 2. The summed E-state index contributed by atoms with van der Waals surface area (Å²) >= 11 is 0. The van der Waals surface area contributed by atoms with Gasteiger partial charge in [0.1, 0.15) is 11.6 Å². The maximum Gasteiger partial charge on any atom is 0.338 e. The van der Waals surface area contributed by atoms with Gasteiger partial charge >= 0.3 is 11.9 Å². The molecule has 0 aromatic heterocycles. The molecule has 0 aliphatic heterocycles. The molecule has 3 aromatic rings. The van der Waals surface area contributed by atoms with Crippen LogP contribution in [0.2, 0.25) is 0 Å². The molecule has 7 heteroatoms. The molecule has 1 amide bonds. The van der Waals surface area contributed by atoms with E-state index in [0.717, 1.165) is 11.1 Å². The SMILES string of the molecule is CC(=O)Oc1ccc(-c2ccc(C(=O)OCC(=O)Nc3ccccc3F)cc2)cc1. The van der Waals surface area contributed by atoms with Crippen LogP contribution in [-0.2, 0) is 14.3 Å². The maximum atomic E-state index is 13.5. The van der Waals surface area contributed by atoms with Crippen molar-refractivity contribution < 1.29 is 28.2 Å². The number of benzene rings is 3. The number of halogens is 1. The van der Waals surface area contributed by atoms with Crippen LogP contribution < -0.4 is 10.1 Å². The fraction of sp³-hybridized carbons (Fsp3) is 0.0870. The third kappa shape index (κ3) is 5.51. The molecule has 0 radical (unpaired) electrons. The summed E-state index contributed by atoms with van der Waals surface area (Å²) in [5, 5.41) is 2.34. The molecule has 0 aliphatic rings. The maximum absolute atomic E-state index is 13.5. The van der Waals surface area contributed by atoms with Gasteiger partial charge in [0.25, 0.3) is 5.91 Å². The molecule has 0 saturated heterocycles. The zero-order valence-electron chi connectivity index (χ0n) is 16.1. The Kier molecular flexibility index (Phi) is 6.54. The lowest BCUT2D eigenvalue weighted by atomic mass is 10.0. The predicted molar refractivity (Wildman–Crippen MR) is 108 cm³/mol. The topological polar surface area (TPSA) is 81.7 Å². The van der Waals surface area contributed by atoms with Crippen LogP contribution in [0.4, 0.5) is 10.1 Å². The summed E-state index contributed by atoms with van der Waals surface area (Å²) in [6.07, 6.45) is 0. The summed E-state index contributed by atoms with van der Waals surface area (Å²) in [6.45, 7) is 0.793. The number of anilines is 1. The van der Waals surface area contributed by atoms with Crippen molar-refractivity contribution in [1.82, 2.24) is 0 Å². The van der Waals surface area contributed by atoms with Gasteiger partial charge in [-0.1, -0.05) is 36.4 Å². The quantitative estimate of drug-likeness (QED) is 0.489. The predicted octanol–water partition coefficient (Wildman–Crippen LogP) is 4.21. The summed E-state index contributed by atoms with van der Waals surface area (Å²) in [5.74, 6) is -1.84. The summed E-state index contributed by atoms with van der Waals surface area (Å²) in [7, 11) is 0. The van der Waals surface area contributed by atoms with E-state index < -0.39 is 30.3 Å². The minimum atomic E-state index is -0.671. The number of ether oxygens (including phenoxy) is 2. The summed E-state index contributed by atoms with van der Waals surface area (Å²) in [4.78, 5) is 34.9. The number of para-hydroxylation sites is 1. The Morgan fingerprint density at radius 3 is 2.07 bits per heavy atom. The zero-order chi connectivity index (χ0) is 21.5. The zero-order valence-corrected chi connectivity index (χ0v) is 16.1. The van der Waals surface area contributed by atoms with Crippen LogP contribution in [-0.4, -0.2) is 24.5 Å². The Bertz CT molecular complexity index is 1060. The molecule has 0 heterocycles. The van der Waals surface area contributed by atoms with Crippen molar-refractivity contribution in [2.75, 3.05) is 11.9 Å². The van der Waals surface area contributed by atoms with Gasteiger partial charge in [-0.15, -0.1) is 0 Å². The number of carbonyl (C=O) groups excluding carboxylic acids is 3. The van der Waals surface area contributed by atoms with Crippen LogP contribution in [0.3, 0.4) is 0 Å². The highest BCUT2D eigenvalue weighted by atomic mass is 19.1. The molecule has 3 rings (SSSR count). The smallest absolute Gasteiger partial charge is 0.338 e. The minimum absolute atomic E-state index is 0.0163. The first kappa shape index (κ1) is 20.7. The van der Waals surface area contributed by atoms with Crippen molar-refractivity contribution in [2.45, 2.75) is 6.92 Å². The average Bonchev–Trinajstić information content (AvgIpc) is 2.74. The molecule has 0 bridgehead atoms. The van der Waals surface area contributed by atoms with Gasteiger partial charge in [0.05, 0.1) is 11.3 Å². The Hall–Kier alpha value is -4.00. The Balaban J connectivity index is 1.56. The lowest BCUT2D eigenvalue weighted by Crippen LogP contribution is -2.21. The number of nitrogens with one attached hydrogen (secondary N) is 1. The highest BCUT2D eigenvalue weighted by Crippen LogP contribution is 2.23. The summed E-state index contributed by atoms with van der Waals surface area (Å²) < 4.78 is 23.5. The van der Waals surface area contributed by atoms with Crippen molar-refractivity contribution in [2.24, 2.45) is 0 Å². The number of rotatable bonds is 6. The molecule has 152 valence electrons. The first-order chi connectivity index (χ1) is 14.4. The molecule has 0 spiro atoms. The van der Waals surface area contributed by atoms with Gasteiger partial charge in [0.2, 0.25) is 0 Å². The van der Waals surface area contributed by atoms with Crippen LogP contribution >= 0.6 is 0 Å². The second-order valence-corrected chi connectivity index (χ2v) is 6.30. The lowest BCUT2D eigenvalue weighted by Gasteiger charge is -2.08. The molecule has 1 N–H and O–H groups in total. The van der Waals surface area contributed by atoms with E-state index in [9.17, 15) is 18.8 Å². The fourth-order valence-corrected chi connectivity index (χ4v) is 2.64. The Labute approximate surface area is 172 Å². The monoisotopic (exact) mass is 407 g/mol. The number of hydrogen-bond acceptors (Lipinski definition) is 5. The number of hydrogen-bond donors (Lipinski definition) is 1. The van der Waals surface area contributed by atoms with Gasteiger partial charge < -0.3 is 14.8 Å². The largest absolute Gasteiger partial charge is 0.452 e. The van der Waals surface area contributed by atoms with Gasteiger partial charge in [-0.2, -0.15) is 0 Å². The van der Waals surface area contributed by atoms with Gasteiger partial charge in [-0.3, -0.25) is 9.59 Å². The van der Waals surface area contributed by atoms with Crippen LogP contribution in [0, 0.1) is 5.82 Å². The van der Waals surface area contributed by atoms with Crippen molar-refractivity contribution in [1.29, 1.82) is 0 Å². The van der Waals surface area contributed by atoms with Crippen molar-refractivity contribution >= 4 is 23.5 Å². The first-order valence-corrected chi connectivity index (χ1v) is 9.03. The summed E-state index contributed by atoms with van der Waals surface area (Å²) in [5.41, 5.74) is 2.00. The Morgan fingerprint density at radius 1 is 0.867 bits per heavy atom. The van der Waals surface area contributed by atoms with Gasteiger partial charge in [0, 0.05) is 6.92 Å². The van der Waals surface area contributed by atoms with Crippen LogP contribution in [0.1, 0.15) is 17.3 Å². The van der Waals surface area contributed by atoms with E-state index in [1.54, 1.807) is 54.6 Å². The average molecular weight is 407 g/mol. The second-order valence-electron chi connectivity index (χ2n) is 6.30. The molecule has 0 aliphatic carbocycles. The third-order valence-electron chi connectivity index (χ3n) is 4.05. The molecule has 0 atom stereocenters. The van der Waals surface area contributed by atoms with Gasteiger partial charge in [0.15, 0.2) is 6.61 Å². The molecule has 3 aromatic carbocycles. The molecule has 30 heavy (non-hydrogen) atoms. The van der Waals surface area contributed by atoms with E-state index in [-0.39, 0.29) is 11.3 Å². The number of carbonyl (C=O) groups is 3. The molecule has 6 nitrogen and oxygen atoms in total. The van der Waals surface area contributed by atoms with Crippen LogP contribution in [0.25, 0.3) is 11.1 Å². The minimum Gasteiger partial charge on any atom is -0.452 e. The molecule has 0 fully saturated rings. The highest BCUT2D eigenvalue weighted by molar-refractivity contribution is 5.95. The van der Waals surface area contributed by atoms with Crippen molar-refractivity contribution in [3.05, 3.63) is 84.2 Å². The van der Waals surface area contributed by atoms with Crippen LogP contribution in [0.5, 0.6) is 5.75 Å². The second kappa shape index (κ2) is 9.47. The van der Waals surface area contributed by atoms with Crippen LogP contribution in [0.15, 0.2) is 72.8 Å². The van der Waals surface area contributed by atoms with Crippen molar-refractivity contribution in [3.63, 3.8) is 0 Å². The van der Waals surface area contributed by atoms with E-state index in [0.29, 0.717) is 5.75 Å². The standard InChI is InChI=1S/C23H18FNO5/c1-15(26)30-19-12-10-17(11-13-19)16-6-8-18(9-7-16)23(28)29-14-22(27)25-21-5-3-2-4-20(21)24/h2-13H,14H2,1H3,(H,25,27). The molecule has 0 unspecified atom stereocenters. The molecular formula is C23H18FNO5. The first-order valence-electron chi connectivity index (χ1n) is 9.03. The van der Waals surface area contributed by atoms with Crippen molar-refractivity contribution in [3.8, 4) is 16.9 Å². The molecule has 0 saturated carbocycles. The molecular weight excluding hydrogens is 389 g/mol. The fourth-order valence-electron chi connectivity index (χ4n) is 2.64. The van der Waals surface area contributed by atoms with E-state index in [1.807, 2.05) is 0 Å². The van der Waals surface area contributed by atoms with E-state index in [1.165, 1.54) is 25.1 Å². The summed E-state index contributed by atoms with van der Waals surface area (Å²) in [6, 6.07) is 19.3. The van der Waals surface area contributed by atoms with E-state index in [2.05, 4.69) is 5.32 Å². The van der Waals surface area contributed by atoms with Gasteiger partial charge in [-0.25, -0.2) is 9.18 Å². The number of amides is 1. The lowest BCUT2D eigenvalue weighted by molar-refractivity contribution is -0.131. The van der Waals surface area contributed by atoms with E-state index in [4.69, 9.17) is 9.47 Å². The van der Waals surface area contributed by atoms with E-state index >= 15 is 0 Å². The normalized spacial score (nSPS) is 10.2. The Morgan fingerprint density at radius 2 is 1.47 bits per heavy atom.